The minimum absolute atomic E-state index is 0.556. The fourth-order valence-corrected chi connectivity index (χ4v) is 3.88. The molecule has 26 heavy (non-hydrogen) atoms. The summed E-state index contributed by atoms with van der Waals surface area (Å²) in [6, 6.07) is 17.3. The van der Waals surface area contributed by atoms with Crippen molar-refractivity contribution in [2.45, 2.75) is 32.1 Å². The molecule has 0 N–H and O–H groups in total. The van der Waals surface area contributed by atoms with Gasteiger partial charge in [-0.05, 0) is 72.1 Å². The molecule has 0 saturated heterocycles. The maximum absolute atomic E-state index is 4.90. The van der Waals surface area contributed by atoms with E-state index >= 15 is 0 Å². The second kappa shape index (κ2) is 6.21. The maximum Gasteiger partial charge on any atom is 0.0894 e. The lowest BCUT2D eigenvalue weighted by Crippen LogP contribution is -2.03. The van der Waals surface area contributed by atoms with E-state index in [1.807, 2.05) is 18.3 Å². The average molecular weight is 338 g/mol. The van der Waals surface area contributed by atoms with Crippen LogP contribution in [0.25, 0.3) is 22.2 Å². The highest BCUT2D eigenvalue weighted by molar-refractivity contribution is 5.96. The molecule has 1 fully saturated rings. The van der Waals surface area contributed by atoms with Gasteiger partial charge in [-0.1, -0.05) is 43.3 Å². The van der Waals surface area contributed by atoms with E-state index in [2.05, 4.69) is 60.5 Å². The lowest BCUT2D eigenvalue weighted by atomic mass is 9.84. The van der Waals surface area contributed by atoms with Crippen LogP contribution in [0.4, 0.5) is 0 Å². The Hall–Kier alpha value is -2.74. The van der Waals surface area contributed by atoms with Gasteiger partial charge in [0.1, 0.15) is 0 Å². The molecule has 1 aromatic carbocycles. The fraction of sp³-hybridized carbons (Fsp3) is 0.250. The Morgan fingerprint density at radius 2 is 1.88 bits per heavy atom. The predicted octanol–water partition coefficient (Wildman–Crippen LogP) is 6.01. The molecule has 3 aromatic rings. The standard InChI is InChI=1S/C24H22N2/c1-16-7-10-20(22-11-12-23-24(26-22)6-3-13-25-23)21(14-16)19-5-2-4-18(15-19)17-8-9-17/h2-7,10-13,15-17H,8-9,14H2,1H3. The summed E-state index contributed by atoms with van der Waals surface area (Å²) >= 11 is 0. The van der Waals surface area contributed by atoms with Crippen molar-refractivity contribution in [2.24, 2.45) is 5.92 Å². The van der Waals surface area contributed by atoms with Gasteiger partial charge in [0, 0.05) is 11.8 Å². The molecule has 2 aromatic heterocycles. The lowest BCUT2D eigenvalue weighted by molar-refractivity contribution is 0.750. The van der Waals surface area contributed by atoms with E-state index in [1.165, 1.54) is 35.1 Å². The summed E-state index contributed by atoms with van der Waals surface area (Å²) in [7, 11) is 0. The lowest BCUT2D eigenvalue weighted by Gasteiger charge is -2.21. The van der Waals surface area contributed by atoms with Crippen LogP contribution in [-0.4, -0.2) is 9.97 Å². The van der Waals surface area contributed by atoms with E-state index < -0.39 is 0 Å². The Bertz CT molecular complexity index is 1040. The van der Waals surface area contributed by atoms with Crippen LogP contribution in [-0.2, 0) is 0 Å². The highest BCUT2D eigenvalue weighted by atomic mass is 14.8. The molecule has 0 aliphatic heterocycles. The number of allylic oxidation sites excluding steroid dienone is 4. The number of nitrogens with zero attached hydrogens (tertiary/aromatic N) is 2. The van der Waals surface area contributed by atoms with Crippen molar-refractivity contribution in [3.63, 3.8) is 0 Å². The topological polar surface area (TPSA) is 25.8 Å². The van der Waals surface area contributed by atoms with Gasteiger partial charge in [0.2, 0.25) is 0 Å². The van der Waals surface area contributed by atoms with Crippen LogP contribution in [0.2, 0.25) is 0 Å². The predicted molar refractivity (Wildman–Crippen MR) is 108 cm³/mol. The number of fused-ring (bicyclic) bond motifs is 1. The summed E-state index contributed by atoms with van der Waals surface area (Å²) in [6.45, 7) is 2.29. The molecule has 1 saturated carbocycles. The SMILES string of the molecule is CC1C=CC(c2ccc3ncccc3n2)=C(c2cccc(C3CC3)c2)C1. The fourth-order valence-electron chi connectivity index (χ4n) is 3.88. The van der Waals surface area contributed by atoms with Crippen LogP contribution >= 0.6 is 0 Å². The van der Waals surface area contributed by atoms with E-state index in [4.69, 9.17) is 4.98 Å². The summed E-state index contributed by atoms with van der Waals surface area (Å²) in [5.74, 6) is 1.33. The van der Waals surface area contributed by atoms with Crippen LogP contribution in [0.1, 0.15) is 48.9 Å². The third-order valence-corrected chi connectivity index (χ3v) is 5.46. The monoisotopic (exact) mass is 338 g/mol. The Morgan fingerprint density at radius 1 is 0.962 bits per heavy atom. The number of aromatic nitrogens is 2. The molecule has 2 aliphatic carbocycles. The Balaban J connectivity index is 1.65. The van der Waals surface area contributed by atoms with Crippen LogP contribution < -0.4 is 0 Å². The van der Waals surface area contributed by atoms with Crippen molar-refractivity contribution in [2.75, 3.05) is 0 Å². The molecule has 2 aliphatic rings. The number of hydrogen-bond acceptors (Lipinski definition) is 2. The minimum Gasteiger partial charge on any atom is -0.255 e. The number of hydrogen-bond donors (Lipinski definition) is 0. The molecule has 2 heterocycles. The summed E-state index contributed by atoms with van der Waals surface area (Å²) < 4.78 is 0. The van der Waals surface area contributed by atoms with Crippen LogP contribution in [0.15, 0.2) is 66.9 Å². The van der Waals surface area contributed by atoms with Gasteiger partial charge in [0.25, 0.3) is 0 Å². The molecule has 0 amide bonds. The first-order chi connectivity index (χ1) is 12.8. The zero-order valence-electron chi connectivity index (χ0n) is 15.0. The molecular formula is C24H22N2. The van der Waals surface area contributed by atoms with Crippen LogP contribution in [0.5, 0.6) is 0 Å². The van der Waals surface area contributed by atoms with E-state index in [1.54, 1.807) is 0 Å². The van der Waals surface area contributed by atoms with E-state index in [-0.39, 0.29) is 0 Å². The van der Waals surface area contributed by atoms with Crippen molar-refractivity contribution in [1.29, 1.82) is 0 Å². The molecule has 1 unspecified atom stereocenters. The van der Waals surface area contributed by atoms with Gasteiger partial charge >= 0.3 is 0 Å². The van der Waals surface area contributed by atoms with Crippen molar-refractivity contribution in [1.82, 2.24) is 9.97 Å². The van der Waals surface area contributed by atoms with Crippen molar-refractivity contribution in [3.8, 4) is 0 Å². The number of benzene rings is 1. The quantitative estimate of drug-likeness (QED) is 0.584. The first-order valence-electron chi connectivity index (χ1n) is 9.52. The highest BCUT2D eigenvalue weighted by Gasteiger charge is 2.24. The number of pyridine rings is 2. The van der Waals surface area contributed by atoms with Crippen LogP contribution in [0.3, 0.4) is 0 Å². The molecule has 0 radical (unpaired) electrons. The first kappa shape index (κ1) is 15.5. The third-order valence-electron chi connectivity index (χ3n) is 5.46. The molecule has 2 nitrogen and oxygen atoms in total. The summed E-state index contributed by atoms with van der Waals surface area (Å²) in [4.78, 5) is 9.30. The van der Waals surface area contributed by atoms with Gasteiger partial charge in [-0.15, -0.1) is 0 Å². The second-order valence-corrected chi connectivity index (χ2v) is 7.57. The summed E-state index contributed by atoms with van der Waals surface area (Å²) in [5.41, 5.74) is 8.46. The summed E-state index contributed by atoms with van der Waals surface area (Å²) in [5, 5.41) is 0. The summed E-state index contributed by atoms with van der Waals surface area (Å²) in [6.07, 6.45) is 10.1. The van der Waals surface area contributed by atoms with Crippen LogP contribution in [0, 0.1) is 5.92 Å². The molecule has 2 heteroatoms. The largest absolute Gasteiger partial charge is 0.255 e. The molecular weight excluding hydrogens is 316 g/mol. The Labute approximate surface area is 154 Å². The van der Waals surface area contributed by atoms with Gasteiger partial charge < -0.3 is 0 Å². The van der Waals surface area contributed by atoms with Gasteiger partial charge in [-0.2, -0.15) is 0 Å². The molecule has 5 rings (SSSR count). The van der Waals surface area contributed by atoms with Gasteiger partial charge in [-0.25, -0.2) is 4.98 Å². The maximum atomic E-state index is 4.90. The van der Waals surface area contributed by atoms with E-state index in [0.717, 1.165) is 29.1 Å². The van der Waals surface area contributed by atoms with Gasteiger partial charge in [-0.3, -0.25) is 4.98 Å². The highest BCUT2D eigenvalue weighted by Crippen LogP contribution is 2.42. The molecule has 1 atom stereocenters. The zero-order chi connectivity index (χ0) is 17.5. The molecule has 0 spiro atoms. The van der Waals surface area contributed by atoms with E-state index in [0.29, 0.717) is 5.92 Å². The van der Waals surface area contributed by atoms with Crippen molar-refractivity contribution in [3.05, 3.63) is 83.7 Å². The Kier molecular flexibility index (Phi) is 3.70. The van der Waals surface area contributed by atoms with Gasteiger partial charge in [0.05, 0.1) is 16.7 Å². The minimum atomic E-state index is 0.556. The van der Waals surface area contributed by atoms with E-state index in [9.17, 15) is 0 Å². The zero-order valence-corrected chi connectivity index (χ0v) is 15.0. The normalized spacial score (nSPS) is 20.0. The first-order valence-corrected chi connectivity index (χ1v) is 9.52. The third kappa shape index (κ3) is 2.86. The van der Waals surface area contributed by atoms with Crippen molar-refractivity contribution < 1.29 is 0 Å². The Morgan fingerprint density at radius 3 is 2.77 bits per heavy atom. The molecule has 0 bridgehead atoms. The van der Waals surface area contributed by atoms with Crippen molar-refractivity contribution >= 4 is 22.2 Å². The second-order valence-electron chi connectivity index (χ2n) is 7.57. The average Bonchev–Trinajstić information content (AvgIpc) is 3.53. The van der Waals surface area contributed by atoms with Gasteiger partial charge in [0.15, 0.2) is 0 Å². The molecule has 128 valence electrons. The number of rotatable bonds is 3. The smallest absolute Gasteiger partial charge is 0.0894 e.